The second-order valence-corrected chi connectivity index (χ2v) is 6.70. The second kappa shape index (κ2) is 6.37. The molecule has 0 saturated carbocycles. The molecule has 0 spiro atoms. The molecule has 2 rings (SSSR count). The van der Waals surface area contributed by atoms with E-state index in [4.69, 9.17) is 0 Å². The third-order valence-corrected chi connectivity index (χ3v) is 3.71. The van der Waals surface area contributed by atoms with Gasteiger partial charge in [-0.1, -0.05) is 11.3 Å². The number of rotatable bonds is 5. The van der Waals surface area contributed by atoms with Crippen molar-refractivity contribution in [2.45, 2.75) is 39.2 Å². The first-order chi connectivity index (χ1) is 9.46. The molecule has 0 atom stereocenters. The van der Waals surface area contributed by atoms with E-state index >= 15 is 0 Å². The first kappa shape index (κ1) is 15.0. The fourth-order valence-electron chi connectivity index (χ4n) is 1.72. The maximum absolute atomic E-state index is 13.6. The Morgan fingerprint density at radius 1 is 1.30 bits per heavy atom. The molecule has 0 aliphatic carbocycles. The molecule has 6 heteroatoms. The van der Waals surface area contributed by atoms with Gasteiger partial charge in [0, 0.05) is 18.2 Å². The Labute approximate surface area is 122 Å². The molecule has 4 nitrogen and oxygen atoms in total. The van der Waals surface area contributed by atoms with Gasteiger partial charge in [0.25, 0.3) is 0 Å². The summed E-state index contributed by atoms with van der Waals surface area (Å²) in [6.45, 7) is 7.36. The highest BCUT2D eigenvalue weighted by atomic mass is 32.1. The number of halogens is 1. The van der Waals surface area contributed by atoms with Crippen LogP contribution in [0.2, 0.25) is 0 Å². The summed E-state index contributed by atoms with van der Waals surface area (Å²) in [5.41, 5.74) is 0.600. The van der Waals surface area contributed by atoms with Crippen molar-refractivity contribution < 1.29 is 4.39 Å². The average Bonchev–Trinajstić information content (AvgIpc) is 2.83. The molecule has 2 aromatic heterocycles. The van der Waals surface area contributed by atoms with E-state index < -0.39 is 0 Å². The highest BCUT2D eigenvalue weighted by molar-refractivity contribution is 7.14. The Balaban J connectivity index is 1.92. The topological polar surface area (TPSA) is 50.7 Å². The zero-order valence-electron chi connectivity index (χ0n) is 12.0. The summed E-state index contributed by atoms with van der Waals surface area (Å²) in [6.07, 6.45) is 4.61. The molecular formula is C14H19FN4S. The average molecular weight is 294 g/mol. The van der Waals surface area contributed by atoms with E-state index in [1.807, 2.05) is 0 Å². The number of aryl methyl sites for hydroxylation is 1. The Kier molecular flexibility index (Phi) is 4.77. The molecule has 0 aliphatic heterocycles. The van der Waals surface area contributed by atoms with E-state index in [2.05, 4.69) is 41.3 Å². The van der Waals surface area contributed by atoms with Crippen molar-refractivity contribution in [2.24, 2.45) is 0 Å². The minimum Gasteiger partial charge on any atom is -0.312 e. The van der Waals surface area contributed by atoms with Crippen LogP contribution in [0.3, 0.4) is 0 Å². The van der Waals surface area contributed by atoms with E-state index in [0.717, 1.165) is 24.4 Å². The van der Waals surface area contributed by atoms with Crippen LogP contribution in [0.5, 0.6) is 0 Å². The number of nitrogens with one attached hydrogen (secondary N) is 1. The quantitative estimate of drug-likeness (QED) is 0.861. The lowest BCUT2D eigenvalue weighted by molar-refractivity contribution is 0.422. The molecule has 0 aromatic carbocycles. The molecule has 0 bridgehead atoms. The van der Waals surface area contributed by atoms with Crippen molar-refractivity contribution in [3.63, 3.8) is 0 Å². The van der Waals surface area contributed by atoms with Crippen molar-refractivity contribution in [3.8, 4) is 10.6 Å². The number of hydrogen-bond acceptors (Lipinski definition) is 5. The summed E-state index contributed by atoms with van der Waals surface area (Å²) in [5.74, 6) is -0.357. The van der Waals surface area contributed by atoms with Crippen LogP contribution in [0.15, 0.2) is 18.5 Å². The molecule has 0 amide bonds. The predicted molar refractivity (Wildman–Crippen MR) is 79.2 cm³/mol. The third kappa shape index (κ3) is 4.31. The Hall–Kier alpha value is -1.40. The van der Waals surface area contributed by atoms with Gasteiger partial charge >= 0.3 is 0 Å². The number of nitrogens with zero attached hydrogens (tertiary/aromatic N) is 3. The number of pyridine rings is 1. The molecule has 108 valence electrons. The molecular weight excluding hydrogens is 275 g/mol. The SMILES string of the molecule is CC(C)(C)NCCCc1nnc(-c2ccncc2F)s1. The fraction of sp³-hybridized carbons (Fsp3) is 0.500. The Morgan fingerprint density at radius 2 is 2.10 bits per heavy atom. The van der Waals surface area contributed by atoms with Gasteiger partial charge in [-0.2, -0.15) is 0 Å². The molecule has 0 radical (unpaired) electrons. The van der Waals surface area contributed by atoms with Crippen LogP contribution in [-0.4, -0.2) is 27.3 Å². The largest absolute Gasteiger partial charge is 0.312 e. The maximum atomic E-state index is 13.6. The summed E-state index contributed by atoms with van der Waals surface area (Å²) < 4.78 is 13.6. The van der Waals surface area contributed by atoms with Crippen LogP contribution in [-0.2, 0) is 6.42 Å². The lowest BCUT2D eigenvalue weighted by Crippen LogP contribution is -2.36. The van der Waals surface area contributed by atoms with Gasteiger partial charge in [0.05, 0.1) is 11.8 Å². The van der Waals surface area contributed by atoms with Crippen molar-refractivity contribution in [1.29, 1.82) is 0 Å². The number of aromatic nitrogens is 3. The molecule has 0 aliphatic rings. The minimum absolute atomic E-state index is 0.131. The van der Waals surface area contributed by atoms with Gasteiger partial charge in [0.1, 0.15) is 5.01 Å². The third-order valence-electron chi connectivity index (χ3n) is 2.69. The van der Waals surface area contributed by atoms with Crippen molar-refractivity contribution >= 4 is 11.3 Å². The van der Waals surface area contributed by atoms with Gasteiger partial charge in [-0.05, 0) is 39.8 Å². The molecule has 0 fully saturated rings. The van der Waals surface area contributed by atoms with Crippen molar-refractivity contribution in [1.82, 2.24) is 20.5 Å². The summed E-state index contributed by atoms with van der Waals surface area (Å²) >= 11 is 1.44. The normalized spacial score (nSPS) is 11.8. The van der Waals surface area contributed by atoms with Crippen LogP contribution >= 0.6 is 11.3 Å². The molecule has 0 unspecified atom stereocenters. The van der Waals surface area contributed by atoms with E-state index in [-0.39, 0.29) is 11.4 Å². The van der Waals surface area contributed by atoms with E-state index in [1.165, 1.54) is 17.5 Å². The zero-order valence-corrected chi connectivity index (χ0v) is 12.8. The second-order valence-electron chi connectivity index (χ2n) is 5.64. The van der Waals surface area contributed by atoms with Crippen LogP contribution in [0.25, 0.3) is 10.6 Å². The Morgan fingerprint density at radius 3 is 2.80 bits per heavy atom. The van der Waals surface area contributed by atoms with Crippen LogP contribution in [0, 0.1) is 5.82 Å². The van der Waals surface area contributed by atoms with Crippen molar-refractivity contribution in [2.75, 3.05) is 6.54 Å². The van der Waals surface area contributed by atoms with Gasteiger partial charge in [-0.15, -0.1) is 10.2 Å². The first-order valence-corrected chi connectivity index (χ1v) is 7.45. The molecule has 2 heterocycles. The summed E-state index contributed by atoms with van der Waals surface area (Å²) in [5, 5.41) is 13.2. The molecule has 2 aromatic rings. The molecule has 20 heavy (non-hydrogen) atoms. The molecule has 0 saturated heterocycles. The van der Waals surface area contributed by atoms with Gasteiger partial charge in [-0.25, -0.2) is 4.39 Å². The van der Waals surface area contributed by atoms with Gasteiger partial charge < -0.3 is 5.32 Å². The monoisotopic (exact) mass is 294 g/mol. The summed E-state index contributed by atoms with van der Waals surface area (Å²) in [4.78, 5) is 3.73. The lowest BCUT2D eigenvalue weighted by Gasteiger charge is -2.20. The highest BCUT2D eigenvalue weighted by Crippen LogP contribution is 2.25. The van der Waals surface area contributed by atoms with Crippen LogP contribution in [0.1, 0.15) is 32.2 Å². The highest BCUT2D eigenvalue weighted by Gasteiger charge is 2.11. The summed E-state index contributed by atoms with van der Waals surface area (Å²) in [7, 11) is 0. The van der Waals surface area contributed by atoms with Crippen LogP contribution < -0.4 is 5.32 Å². The minimum atomic E-state index is -0.357. The van der Waals surface area contributed by atoms with E-state index in [9.17, 15) is 4.39 Å². The zero-order chi connectivity index (χ0) is 14.6. The summed E-state index contributed by atoms with van der Waals surface area (Å²) in [6, 6.07) is 1.63. The maximum Gasteiger partial charge on any atom is 0.151 e. The van der Waals surface area contributed by atoms with Crippen LogP contribution in [0.4, 0.5) is 4.39 Å². The standard InChI is InChI=1S/C14H19FN4S/c1-14(2,3)17-7-4-5-12-18-19-13(20-12)10-6-8-16-9-11(10)15/h6,8-9,17H,4-5,7H2,1-3H3. The van der Waals surface area contributed by atoms with E-state index in [1.54, 1.807) is 12.3 Å². The molecule has 1 N–H and O–H groups in total. The predicted octanol–water partition coefficient (Wildman–Crippen LogP) is 3.06. The van der Waals surface area contributed by atoms with Gasteiger partial charge in [-0.3, -0.25) is 4.98 Å². The number of hydrogen-bond donors (Lipinski definition) is 1. The first-order valence-electron chi connectivity index (χ1n) is 6.63. The van der Waals surface area contributed by atoms with Crippen molar-refractivity contribution in [3.05, 3.63) is 29.3 Å². The lowest BCUT2D eigenvalue weighted by atomic mass is 10.1. The van der Waals surface area contributed by atoms with Gasteiger partial charge in [0.2, 0.25) is 0 Å². The van der Waals surface area contributed by atoms with Gasteiger partial charge in [0.15, 0.2) is 10.8 Å². The van der Waals surface area contributed by atoms with E-state index in [0.29, 0.717) is 10.6 Å². The Bertz CT molecular complexity index is 562. The smallest absolute Gasteiger partial charge is 0.151 e. The fourth-order valence-corrected chi connectivity index (χ4v) is 2.62.